The summed E-state index contributed by atoms with van der Waals surface area (Å²) in [5.41, 5.74) is 2.08. The molecule has 2 aromatic carbocycles. The average Bonchev–Trinajstić information content (AvgIpc) is 3.05. The predicted octanol–water partition coefficient (Wildman–Crippen LogP) is 3.72. The molecular weight excluding hydrogens is 344 g/mol. The first kappa shape index (κ1) is 15.7. The first-order valence-corrected chi connectivity index (χ1v) is 8.29. The van der Waals surface area contributed by atoms with E-state index < -0.39 is 4.92 Å². The van der Waals surface area contributed by atoms with Crippen LogP contribution in [0.15, 0.2) is 46.9 Å². The molecule has 4 rings (SSSR count). The highest BCUT2D eigenvalue weighted by molar-refractivity contribution is 6.33. The molecule has 0 spiro atoms. The number of piperazine rings is 1. The Balaban J connectivity index is 1.51. The molecule has 25 heavy (non-hydrogen) atoms. The van der Waals surface area contributed by atoms with Gasteiger partial charge in [-0.25, -0.2) is 0 Å². The van der Waals surface area contributed by atoms with Crippen molar-refractivity contribution >= 4 is 40.1 Å². The maximum atomic E-state index is 10.9. The fourth-order valence-electron chi connectivity index (χ4n) is 3.00. The van der Waals surface area contributed by atoms with Gasteiger partial charge in [-0.15, -0.1) is 0 Å². The maximum Gasteiger partial charge on any atom is 0.298 e. The van der Waals surface area contributed by atoms with Crippen LogP contribution < -0.4 is 9.80 Å². The molecule has 1 aliphatic heterocycles. The van der Waals surface area contributed by atoms with Crippen molar-refractivity contribution in [2.24, 2.45) is 0 Å². The predicted molar refractivity (Wildman–Crippen MR) is 96.5 cm³/mol. The summed E-state index contributed by atoms with van der Waals surface area (Å²) in [6.45, 7) is 3.06. The van der Waals surface area contributed by atoms with Gasteiger partial charge in [0, 0.05) is 38.3 Å². The summed E-state index contributed by atoms with van der Waals surface area (Å²) < 4.78 is 5.75. The van der Waals surface area contributed by atoms with Crippen LogP contribution in [-0.2, 0) is 0 Å². The standard InChI is InChI=1S/C17H15ClN4O3/c18-13-3-1-2-4-15(13)20-7-9-21(10-8-20)17-19-14-11-12(22(23)24)5-6-16(14)25-17/h1-6,11H,7-10H2. The number of nitrogens with zero attached hydrogens (tertiary/aromatic N) is 4. The Morgan fingerprint density at radius 2 is 1.80 bits per heavy atom. The Kier molecular flexibility index (Phi) is 3.93. The van der Waals surface area contributed by atoms with Crippen LogP contribution in [0.5, 0.6) is 0 Å². The Bertz CT molecular complexity index is 935. The first-order valence-electron chi connectivity index (χ1n) is 7.91. The van der Waals surface area contributed by atoms with Crippen LogP contribution in [0.4, 0.5) is 17.4 Å². The molecule has 1 saturated heterocycles. The molecule has 1 aromatic heterocycles. The van der Waals surface area contributed by atoms with Gasteiger partial charge in [0.15, 0.2) is 5.58 Å². The van der Waals surface area contributed by atoms with E-state index in [1.165, 1.54) is 12.1 Å². The van der Waals surface area contributed by atoms with Crippen molar-refractivity contribution in [2.75, 3.05) is 36.0 Å². The fourth-order valence-corrected chi connectivity index (χ4v) is 3.25. The molecule has 1 aliphatic rings. The smallest absolute Gasteiger partial charge is 0.298 e. The lowest BCUT2D eigenvalue weighted by atomic mass is 10.2. The van der Waals surface area contributed by atoms with Gasteiger partial charge in [-0.05, 0) is 18.2 Å². The van der Waals surface area contributed by atoms with Gasteiger partial charge in [-0.3, -0.25) is 10.1 Å². The van der Waals surface area contributed by atoms with E-state index in [0.717, 1.165) is 36.9 Å². The highest BCUT2D eigenvalue weighted by atomic mass is 35.5. The average molecular weight is 359 g/mol. The van der Waals surface area contributed by atoms with Crippen molar-refractivity contribution < 1.29 is 9.34 Å². The second-order valence-electron chi connectivity index (χ2n) is 5.83. The number of aromatic nitrogens is 1. The van der Waals surface area contributed by atoms with Crippen molar-refractivity contribution in [3.63, 3.8) is 0 Å². The summed E-state index contributed by atoms with van der Waals surface area (Å²) in [6, 6.07) is 12.7. The minimum atomic E-state index is -0.434. The van der Waals surface area contributed by atoms with E-state index in [2.05, 4.69) is 9.88 Å². The molecule has 0 unspecified atom stereocenters. The molecule has 0 radical (unpaired) electrons. The zero-order valence-electron chi connectivity index (χ0n) is 13.3. The van der Waals surface area contributed by atoms with E-state index in [4.69, 9.17) is 16.0 Å². The molecule has 8 heteroatoms. The van der Waals surface area contributed by atoms with E-state index in [0.29, 0.717) is 17.1 Å². The summed E-state index contributed by atoms with van der Waals surface area (Å²) in [4.78, 5) is 19.1. The number of anilines is 2. The largest absolute Gasteiger partial charge is 0.423 e. The number of nitro groups is 1. The molecule has 0 atom stereocenters. The van der Waals surface area contributed by atoms with Crippen molar-refractivity contribution in [1.29, 1.82) is 0 Å². The number of non-ortho nitro benzene ring substituents is 1. The lowest BCUT2D eigenvalue weighted by Gasteiger charge is -2.35. The third kappa shape index (κ3) is 2.98. The van der Waals surface area contributed by atoms with Gasteiger partial charge in [0.1, 0.15) is 5.52 Å². The third-order valence-electron chi connectivity index (χ3n) is 4.31. The summed E-state index contributed by atoms with van der Waals surface area (Å²) >= 11 is 6.26. The van der Waals surface area contributed by atoms with Crippen LogP contribution >= 0.6 is 11.6 Å². The van der Waals surface area contributed by atoms with E-state index in [1.54, 1.807) is 6.07 Å². The molecule has 1 fully saturated rings. The molecule has 128 valence electrons. The molecule has 0 amide bonds. The zero-order chi connectivity index (χ0) is 17.4. The number of oxazole rings is 1. The minimum absolute atomic E-state index is 0.0101. The number of hydrogen-bond donors (Lipinski definition) is 0. The lowest BCUT2D eigenvalue weighted by molar-refractivity contribution is -0.384. The third-order valence-corrected chi connectivity index (χ3v) is 4.63. The van der Waals surface area contributed by atoms with E-state index in [1.807, 2.05) is 29.2 Å². The van der Waals surface area contributed by atoms with Gasteiger partial charge in [-0.2, -0.15) is 4.98 Å². The lowest BCUT2D eigenvalue weighted by Crippen LogP contribution is -2.46. The van der Waals surface area contributed by atoms with Crippen LogP contribution in [0.3, 0.4) is 0 Å². The van der Waals surface area contributed by atoms with Crippen LogP contribution in [-0.4, -0.2) is 36.1 Å². The molecule has 0 bridgehead atoms. The maximum absolute atomic E-state index is 10.9. The summed E-state index contributed by atoms with van der Waals surface area (Å²) in [6.07, 6.45) is 0. The van der Waals surface area contributed by atoms with Crippen LogP contribution in [0.1, 0.15) is 0 Å². The van der Waals surface area contributed by atoms with Gasteiger partial charge in [-0.1, -0.05) is 23.7 Å². The molecular formula is C17H15ClN4O3. The van der Waals surface area contributed by atoms with E-state index in [9.17, 15) is 10.1 Å². The van der Waals surface area contributed by atoms with Crippen LogP contribution in [0, 0.1) is 10.1 Å². The minimum Gasteiger partial charge on any atom is -0.423 e. The normalized spacial score (nSPS) is 14.9. The molecule has 7 nitrogen and oxygen atoms in total. The molecule has 3 aromatic rings. The molecule has 0 saturated carbocycles. The SMILES string of the molecule is O=[N+]([O-])c1ccc2oc(N3CCN(c4ccccc4Cl)CC3)nc2c1. The van der Waals surface area contributed by atoms with E-state index >= 15 is 0 Å². The van der Waals surface area contributed by atoms with Gasteiger partial charge < -0.3 is 14.2 Å². The highest BCUT2D eigenvalue weighted by Crippen LogP contribution is 2.29. The number of fused-ring (bicyclic) bond motifs is 1. The van der Waals surface area contributed by atoms with Crippen molar-refractivity contribution in [2.45, 2.75) is 0 Å². The molecule has 2 heterocycles. The highest BCUT2D eigenvalue weighted by Gasteiger charge is 2.22. The molecule has 0 N–H and O–H groups in total. The number of benzene rings is 2. The van der Waals surface area contributed by atoms with Gasteiger partial charge in [0.05, 0.1) is 15.6 Å². The van der Waals surface area contributed by atoms with Crippen molar-refractivity contribution in [1.82, 2.24) is 4.98 Å². The van der Waals surface area contributed by atoms with Crippen molar-refractivity contribution in [3.8, 4) is 0 Å². The number of hydrogen-bond acceptors (Lipinski definition) is 6. The first-order chi connectivity index (χ1) is 12.1. The zero-order valence-corrected chi connectivity index (χ0v) is 14.0. The second-order valence-corrected chi connectivity index (χ2v) is 6.24. The van der Waals surface area contributed by atoms with Crippen LogP contribution in [0.25, 0.3) is 11.1 Å². The van der Waals surface area contributed by atoms with E-state index in [-0.39, 0.29) is 5.69 Å². The summed E-state index contributed by atoms with van der Waals surface area (Å²) in [5.74, 6) is 0. The second kappa shape index (κ2) is 6.25. The quantitative estimate of drug-likeness (QED) is 0.524. The van der Waals surface area contributed by atoms with Gasteiger partial charge >= 0.3 is 0 Å². The van der Waals surface area contributed by atoms with Gasteiger partial charge in [0.25, 0.3) is 11.7 Å². The summed E-state index contributed by atoms with van der Waals surface area (Å²) in [7, 11) is 0. The Labute approximate surface area is 148 Å². The fraction of sp³-hybridized carbons (Fsp3) is 0.235. The van der Waals surface area contributed by atoms with Crippen molar-refractivity contribution in [3.05, 3.63) is 57.6 Å². The number of nitro benzene ring substituents is 1. The number of rotatable bonds is 3. The topological polar surface area (TPSA) is 75.7 Å². The Morgan fingerprint density at radius 1 is 1.08 bits per heavy atom. The number of para-hydroxylation sites is 1. The monoisotopic (exact) mass is 358 g/mol. The Hall–Kier alpha value is -2.80. The van der Waals surface area contributed by atoms with Gasteiger partial charge in [0.2, 0.25) is 0 Å². The number of halogens is 1. The summed E-state index contributed by atoms with van der Waals surface area (Å²) in [5, 5.41) is 11.6. The molecule has 0 aliphatic carbocycles. The Morgan fingerprint density at radius 3 is 2.52 bits per heavy atom. The van der Waals surface area contributed by atoms with Crippen LogP contribution in [0.2, 0.25) is 5.02 Å².